The van der Waals surface area contributed by atoms with Crippen LogP contribution in [0.1, 0.15) is 24.8 Å². The third kappa shape index (κ3) is 4.48. The zero-order valence-electron chi connectivity index (χ0n) is 14.2. The summed E-state index contributed by atoms with van der Waals surface area (Å²) in [5.41, 5.74) is 1.80. The van der Waals surface area contributed by atoms with Crippen LogP contribution >= 0.6 is 0 Å². The largest absolute Gasteiger partial charge is 0.457 e. The number of rotatable bonds is 6. The van der Waals surface area contributed by atoms with E-state index in [4.69, 9.17) is 4.74 Å². The highest BCUT2D eigenvalue weighted by Crippen LogP contribution is 2.25. The Morgan fingerprint density at radius 3 is 2.00 bits per heavy atom. The van der Waals surface area contributed by atoms with Crippen molar-refractivity contribution in [3.63, 3.8) is 0 Å². The Bertz CT molecular complexity index is 798. The van der Waals surface area contributed by atoms with Gasteiger partial charge in [-0.3, -0.25) is 4.79 Å². The second-order valence-corrected chi connectivity index (χ2v) is 5.80. The van der Waals surface area contributed by atoms with E-state index in [0.717, 1.165) is 29.2 Å². The van der Waals surface area contributed by atoms with Crippen molar-refractivity contribution in [2.75, 3.05) is 5.32 Å². The van der Waals surface area contributed by atoms with E-state index in [9.17, 15) is 4.79 Å². The fourth-order valence-corrected chi connectivity index (χ4v) is 2.72. The van der Waals surface area contributed by atoms with Crippen molar-refractivity contribution in [3.8, 4) is 11.5 Å². The number of ether oxygens (including phenoxy) is 1. The van der Waals surface area contributed by atoms with Gasteiger partial charge in [-0.1, -0.05) is 55.5 Å². The summed E-state index contributed by atoms with van der Waals surface area (Å²) in [5.74, 6) is 1.38. The highest BCUT2D eigenvalue weighted by atomic mass is 16.5. The number of anilines is 1. The van der Waals surface area contributed by atoms with Crippen molar-refractivity contribution in [2.45, 2.75) is 19.3 Å². The number of benzene rings is 3. The van der Waals surface area contributed by atoms with Crippen LogP contribution in [0.2, 0.25) is 0 Å². The van der Waals surface area contributed by atoms with E-state index in [1.54, 1.807) is 0 Å². The summed E-state index contributed by atoms with van der Waals surface area (Å²) in [6.45, 7) is 2.02. The van der Waals surface area contributed by atoms with Crippen LogP contribution in [0.15, 0.2) is 84.9 Å². The Balaban J connectivity index is 1.65. The minimum Gasteiger partial charge on any atom is -0.457 e. The number of nitrogens with one attached hydrogen (secondary N) is 1. The van der Waals surface area contributed by atoms with Crippen LogP contribution in [0.3, 0.4) is 0 Å². The van der Waals surface area contributed by atoms with Gasteiger partial charge in [-0.05, 0) is 48.4 Å². The summed E-state index contributed by atoms with van der Waals surface area (Å²) >= 11 is 0. The minimum atomic E-state index is -0.151. The van der Waals surface area contributed by atoms with Crippen molar-refractivity contribution < 1.29 is 9.53 Å². The molecule has 0 aliphatic rings. The summed E-state index contributed by atoms with van der Waals surface area (Å²) in [7, 11) is 0. The molecule has 0 heterocycles. The molecule has 0 aliphatic carbocycles. The average Bonchev–Trinajstić information content (AvgIpc) is 2.66. The Hall–Kier alpha value is -3.07. The van der Waals surface area contributed by atoms with Crippen molar-refractivity contribution in [2.24, 2.45) is 0 Å². The van der Waals surface area contributed by atoms with Gasteiger partial charge in [-0.15, -0.1) is 0 Å². The quantitative estimate of drug-likeness (QED) is 0.637. The van der Waals surface area contributed by atoms with Gasteiger partial charge < -0.3 is 10.1 Å². The Morgan fingerprint density at radius 1 is 0.840 bits per heavy atom. The maximum absolute atomic E-state index is 12.6. The standard InChI is InChI=1S/C22H21NO2/c1-2-21(17-9-5-3-6-10-17)22(24)23-18-13-15-20(16-14-18)25-19-11-7-4-8-12-19/h3-16,21H,2H2,1H3,(H,23,24). The zero-order valence-corrected chi connectivity index (χ0v) is 14.2. The minimum absolute atomic E-state index is 0.00503. The lowest BCUT2D eigenvalue weighted by molar-refractivity contribution is -0.117. The van der Waals surface area contributed by atoms with Crippen LogP contribution in [-0.4, -0.2) is 5.91 Å². The Morgan fingerprint density at radius 2 is 1.40 bits per heavy atom. The molecule has 1 amide bonds. The molecule has 0 bridgehead atoms. The van der Waals surface area contributed by atoms with Gasteiger partial charge >= 0.3 is 0 Å². The van der Waals surface area contributed by atoms with Crippen LogP contribution in [0, 0.1) is 0 Å². The number of amides is 1. The SMILES string of the molecule is CCC(C(=O)Nc1ccc(Oc2ccccc2)cc1)c1ccccc1. The summed E-state index contributed by atoms with van der Waals surface area (Å²) in [4.78, 5) is 12.6. The fraction of sp³-hybridized carbons (Fsp3) is 0.136. The highest BCUT2D eigenvalue weighted by Gasteiger charge is 2.18. The molecule has 0 saturated carbocycles. The third-order valence-electron chi connectivity index (χ3n) is 4.03. The van der Waals surface area contributed by atoms with Crippen LogP contribution in [0.25, 0.3) is 0 Å². The molecule has 0 fully saturated rings. The molecule has 126 valence electrons. The number of para-hydroxylation sites is 1. The first-order chi connectivity index (χ1) is 12.3. The first-order valence-electron chi connectivity index (χ1n) is 8.45. The molecule has 0 radical (unpaired) electrons. The van der Waals surface area contributed by atoms with E-state index in [1.807, 2.05) is 91.9 Å². The van der Waals surface area contributed by atoms with Gasteiger partial charge in [-0.25, -0.2) is 0 Å². The maximum atomic E-state index is 12.6. The first kappa shape index (κ1) is 16.8. The molecular weight excluding hydrogens is 310 g/mol. The lowest BCUT2D eigenvalue weighted by Gasteiger charge is -2.15. The maximum Gasteiger partial charge on any atom is 0.231 e. The summed E-state index contributed by atoms with van der Waals surface area (Å²) in [5, 5.41) is 2.99. The van der Waals surface area contributed by atoms with Crippen LogP contribution in [0.5, 0.6) is 11.5 Å². The molecule has 0 aromatic heterocycles. The van der Waals surface area contributed by atoms with Gasteiger partial charge in [0.2, 0.25) is 5.91 Å². The predicted molar refractivity (Wildman–Crippen MR) is 101 cm³/mol. The molecule has 3 aromatic carbocycles. The van der Waals surface area contributed by atoms with E-state index in [-0.39, 0.29) is 11.8 Å². The highest BCUT2D eigenvalue weighted by molar-refractivity contribution is 5.95. The van der Waals surface area contributed by atoms with Crippen LogP contribution in [-0.2, 0) is 4.79 Å². The molecule has 1 N–H and O–H groups in total. The number of carbonyl (C=O) groups excluding carboxylic acids is 1. The van der Waals surface area contributed by atoms with Gasteiger partial charge in [0, 0.05) is 5.69 Å². The average molecular weight is 331 g/mol. The van der Waals surface area contributed by atoms with E-state index in [2.05, 4.69) is 5.32 Å². The van der Waals surface area contributed by atoms with Crippen molar-refractivity contribution in [1.29, 1.82) is 0 Å². The monoisotopic (exact) mass is 331 g/mol. The van der Waals surface area contributed by atoms with E-state index in [0.29, 0.717) is 0 Å². The lowest BCUT2D eigenvalue weighted by atomic mass is 9.95. The number of hydrogen-bond donors (Lipinski definition) is 1. The van der Waals surface area contributed by atoms with Crippen molar-refractivity contribution >= 4 is 11.6 Å². The van der Waals surface area contributed by atoms with Gasteiger partial charge in [-0.2, -0.15) is 0 Å². The van der Waals surface area contributed by atoms with E-state index < -0.39 is 0 Å². The first-order valence-corrected chi connectivity index (χ1v) is 8.45. The molecule has 0 spiro atoms. The zero-order chi connectivity index (χ0) is 17.5. The molecule has 25 heavy (non-hydrogen) atoms. The van der Waals surface area contributed by atoms with Crippen molar-refractivity contribution in [1.82, 2.24) is 0 Å². The van der Waals surface area contributed by atoms with Crippen LogP contribution < -0.4 is 10.1 Å². The van der Waals surface area contributed by atoms with Gasteiger partial charge in [0.1, 0.15) is 11.5 Å². The van der Waals surface area contributed by atoms with E-state index >= 15 is 0 Å². The topological polar surface area (TPSA) is 38.3 Å². The Labute approximate surface area is 148 Å². The van der Waals surface area contributed by atoms with Gasteiger partial charge in [0.25, 0.3) is 0 Å². The summed E-state index contributed by atoms with van der Waals surface area (Å²) in [6, 6.07) is 26.9. The molecular formula is C22H21NO2. The summed E-state index contributed by atoms with van der Waals surface area (Å²) in [6.07, 6.45) is 0.755. The Kier molecular flexibility index (Phi) is 5.47. The number of hydrogen-bond acceptors (Lipinski definition) is 2. The van der Waals surface area contributed by atoms with Gasteiger partial charge in [0.05, 0.1) is 5.92 Å². The number of carbonyl (C=O) groups is 1. The third-order valence-corrected chi connectivity index (χ3v) is 4.03. The molecule has 3 rings (SSSR count). The molecule has 1 unspecified atom stereocenters. The molecule has 0 saturated heterocycles. The molecule has 3 heteroatoms. The summed E-state index contributed by atoms with van der Waals surface area (Å²) < 4.78 is 5.76. The smallest absolute Gasteiger partial charge is 0.231 e. The molecule has 3 aromatic rings. The predicted octanol–water partition coefficient (Wildman–Crippen LogP) is 5.61. The fourth-order valence-electron chi connectivity index (χ4n) is 2.72. The molecule has 1 atom stereocenters. The molecule has 0 aliphatic heterocycles. The molecule has 3 nitrogen and oxygen atoms in total. The van der Waals surface area contributed by atoms with Gasteiger partial charge in [0.15, 0.2) is 0 Å². The second-order valence-electron chi connectivity index (χ2n) is 5.80. The van der Waals surface area contributed by atoms with Crippen molar-refractivity contribution in [3.05, 3.63) is 90.5 Å². The second kappa shape index (κ2) is 8.15. The lowest BCUT2D eigenvalue weighted by Crippen LogP contribution is -2.20. The van der Waals surface area contributed by atoms with E-state index in [1.165, 1.54) is 0 Å². The normalized spacial score (nSPS) is 11.6. The van der Waals surface area contributed by atoms with Crippen LogP contribution in [0.4, 0.5) is 5.69 Å².